The van der Waals surface area contributed by atoms with Crippen LogP contribution in [0.25, 0.3) is 0 Å². The maximum atomic E-state index is 11.9. The van der Waals surface area contributed by atoms with Crippen LogP contribution in [0.1, 0.15) is 51.9 Å². The SMILES string of the molecule is CSC(C)C(=O)OCC1C2CCc3nnn(C(C)(C)C)c3CCC21. The maximum Gasteiger partial charge on any atom is 0.318 e. The van der Waals surface area contributed by atoms with Crippen LogP contribution in [0.2, 0.25) is 0 Å². The Hall–Kier alpha value is -1.04. The summed E-state index contributed by atoms with van der Waals surface area (Å²) in [4.78, 5) is 11.9. The van der Waals surface area contributed by atoms with Crippen LogP contribution < -0.4 is 0 Å². The molecule has 0 bridgehead atoms. The topological polar surface area (TPSA) is 57.0 Å². The molecule has 0 amide bonds. The van der Waals surface area contributed by atoms with Gasteiger partial charge in [0.25, 0.3) is 0 Å². The number of esters is 1. The zero-order valence-corrected chi connectivity index (χ0v) is 16.2. The highest BCUT2D eigenvalue weighted by Crippen LogP contribution is 2.53. The molecule has 1 aromatic rings. The number of rotatable bonds is 4. The van der Waals surface area contributed by atoms with E-state index in [4.69, 9.17) is 4.74 Å². The Balaban J connectivity index is 1.60. The summed E-state index contributed by atoms with van der Waals surface area (Å²) in [5.74, 6) is 1.85. The lowest BCUT2D eigenvalue weighted by Gasteiger charge is -2.22. The van der Waals surface area contributed by atoms with Gasteiger partial charge in [0.15, 0.2) is 0 Å². The highest BCUT2D eigenvalue weighted by atomic mass is 32.2. The third-order valence-electron chi connectivity index (χ3n) is 5.52. The molecule has 6 heteroatoms. The van der Waals surface area contributed by atoms with Gasteiger partial charge in [-0.2, -0.15) is 11.8 Å². The van der Waals surface area contributed by atoms with Gasteiger partial charge >= 0.3 is 5.97 Å². The lowest BCUT2D eigenvalue weighted by Crippen LogP contribution is -2.26. The smallest absolute Gasteiger partial charge is 0.318 e. The number of carbonyl (C=O) groups excluding carboxylic acids is 1. The van der Waals surface area contributed by atoms with Crippen molar-refractivity contribution in [3.05, 3.63) is 11.4 Å². The summed E-state index contributed by atoms with van der Waals surface area (Å²) < 4.78 is 7.63. The van der Waals surface area contributed by atoms with Crippen molar-refractivity contribution in [2.75, 3.05) is 12.9 Å². The third kappa shape index (κ3) is 3.48. The van der Waals surface area contributed by atoms with Crippen molar-refractivity contribution < 1.29 is 9.53 Å². The van der Waals surface area contributed by atoms with E-state index in [-0.39, 0.29) is 16.8 Å². The Morgan fingerprint density at radius 1 is 1.33 bits per heavy atom. The minimum absolute atomic E-state index is 0.0222. The van der Waals surface area contributed by atoms with Gasteiger partial charge in [-0.3, -0.25) is 4.79 Å². The lowest BCUT2D eigenvalue weighted by molar-refractivity contribution is -0.143. The predicted octanol–water partition coefficient (Wildman–Crippen LogP) is 3.07. The molecule has 0 saturated heterocycles. The molecule has 0 aliphatic heterocycles. The zero-order valence-electron chi connectivity index (χ0n) is 15.4. The average Bonchev–Trinajstić information content (AvgIpc) is 2.99. The molecular weight excluding hydrogens is 322 g/mol. The normalized spacial score (nSPS) is 27.5. The highest BCUT2D eigenvalue weighted by molar-refractivity contribution is 7.99. The number of fused-ring (bicyclic) bond motifs is 2. The van der Waals surface area contributed by atoms with E-state index in [0.717, 1.165) is 25.7 Å². The molecule has 5 nitrogen and oxygen atoms in total. The van der Waals surface area contributed by atoms with Crippen molar-refractivity contribution in [1.82, 2.24) is 15.0 Å². The molecule has 2 aliphatic rings. The van der Waals surface area contributed by atoms with Crippen LogP contribution in [0, 0.1) is 17.8 Å². The van der Waals surface area contributed by atoms with Gasteiger partial charge in [-0.1, -0.05) is 5.21 Å². The van der Waals surface area contributed by atoms with Crippen LogP contribution in [-0.4, -0.2) is 39.1 Å². The standard InChI is InChI=1S/C18H29N3O2S/c1-11(24-5)17(22)23-10-14-12-6-8-15-16(9-7-13(12)14)21(20-19-15)18(2,3)4/h11-14H,6-10H2,1-5H3. The molecule has 3 rings (SSSR count). The van der Waals surface area contributed by atoms with Crippen LogP contribution in [0.4, 0.5) is 0 Å². The van der Waals surface area contributed by atoms with Gasteiger partial charge in [-0.05, 0) is 77.4 Å². The molecular formula is C18H29N3O2S. The highest BCUT2D eigenvalue weighted by Gasteiger charge is 2.50. The van der Waals surface area contributed by atoms with Gasteiger partial charge in [-0.15, -0.1) is 5.10 Å². The number of hydrogen-bond donors (Lipinski definition) is 0. The first kappa shape index (κ1) is 17.8. The number of aryl methyl sites for hydroxylation is 1. The number of carbonyl (C=O) groups is 1. The fraction of sp³-hybridized carbons (Fsp3) is 0.833. The summed E-state index contributed by atoms with van der Waals surface area (Å²) >= 11 is 1.54. The summed E-state index contributed by atoms with van der Waals surface area (Å²) in [7, 11) is 0. The molecule has 24 heavy (non-hydrogen) atoms. The van der Waals surface area contributed by atoms with Crippen molar-refractivity contribution >= 4 is 17.7 Å². The van der Waals surface area contributed by atoms with E-state index in [1.165, 1.54) is 11.4 Å². The molecule has 0 aromatic carbocycles. The monoisotopic (exact) mass is 351 g/mol. The zero-order chi connectivity index (χ0) is 17.5. The Morgan fingerprint density at radius 2 is 2.00 bits per heavy atom. The Bertz CT molecular complexity index is 608. The second-order valence-electron chi connectivity index (χ2n) is 8.14. The molecule has 0 radical (unpaired) electrons. The summed E-state index contributed by atoms with van der Waals surface area (Å²) in [5.41, 5.74) is 2.45. The summed E-state index contributed by atoms with van der Waals surface area (Å²) in [6.07, 6.45) is 6.27. The van der Waals surface area contributed by atoms with Gasteiger partial charge in [-0.25, -0.2) is 4.68 Å². The second kappa shape index (κ2) is 6.70. The third-order valence-corrected chi connectivity index (χ3v) is 6.42. The van der Waals surface area contributed by atoms with E-state index in [1.807, 2.05) is 13.2 Å². The van der Waals surface area contributed by atoms with Crippen LogP contribution in [0.5, 0.6) is 0 Å². The first-order valence-corrected chi connectivity index (χ1v) is 10.2. The number of ether oxygens (including phenoxy) is 1. The molecule has 1 heterocycles. The van der Waals surface area contributed by atoms with Crippen molar-refractivity contribution in [2.24, 2.45) is 17.8 Å². The summed E-state index contributed by atoms with van der Waals surface area (Å²) in [6, 6.07) is 0. The van der Waals surface area contributed by atoms with Gasteiger partial charge in [0.05, 0.1) is 28.8 Å². The van der Waals surface area contributed by atoms with E-state index < -0.39 is 0 Å². The first-order chi connectivity index (χ1) is 11.3. The van der Waals surface area contributed by atoms with Gasteiger partial charge in [0.1, 0.15) is 0 Å². The van der Waals surface area contributed by atoms with Crippen LogP contribution in [0.3, 0.4) is 0 Å². The Labute approximate surface area is 148 Å². The number of nitrogens with zero attached hydrogens (tertiary/aromatic N) is 3. The summed E-state index contributed by atoms with van der Waals surface area (Å²) in [6.45, 7) is 9.03. The van der Waals surface area contributed by atoms with Crippen LogP contribution >= 0.6 is 11.8 Å². The van der Waals surface area contributed by atoms with E-state index in [9.17, 15) is 4.79 Å². The quantitative estimate of drug-likeness (QED) is 0.780. The number of aromatic nitrogens is 3. The number of thioether (sulfide) groups is 1. The van der Waals surface area contributed by atoms with E-state index in [1.54, 1.807) is 11.8 Å². The largest absolute Gasteiger partial charge is 0.465 e. The molecule has 1 saturated carbocycles. The molecule has 4 unspecified atom stereocenters. The van der Waals surface area contributed by atoms with Crippen LogP contribution in [-0.2, 0) is 27.9 Å². The van der Waals surface area contributed by atoms with E-state index in [0.29, 0.717) is 24.4 Å². The van der Waals surface area contributed by atoms with Gasteiger partial charge in [0.2, 0.25) is 0 Å². The van der Waals surface area contributed by atoms with Gasteiger partial charge in [0, 0.05) is 0 Å². The molecule has 0 spiro atoms. The van der Waals surface area contributed by atoms with Crippen LogP contribution in [0.15, 0.2) is 0 Å². The fourth-order valence-electron chi connectivity index (χ4n) is 3.94. The average molecular weight is 352 g/mol. The maximum absolute atomic E-state index is 11.9. The molecule has 0 N–H and O–H groups in total. The second-order valence-corrected chi connectivity index (χ2v) is 9.32. The minimum Gasteiger partial charge on any atom is -0.465 e. The number of hydrogen-bond acceptors (Lipinski definition) is 5. The van der Waals surface area contributed by atoms with Crippen molar-refractivity contribution in [1.29, 1.82) is 0 Å². The first-order valence-electron chi connectivity index (χ1n) is 8.96. The van der Waals surface area contributed by atoms with Gasteiger partial charge < -0.3 is 4.74 Å². The summed E-state index contributed by atoms with van der Waals surface area (Å²) in [5, 5.41) is 8.76. The van der Waals surface area contributed by atoms with E-state index >= 15 is 0 Å². The molecule has 1 aromatic heterocycles. The van der Waals surface area contributed by atoms with Crippen molar-refractivity contribution in [3.63, 3.8) is 0 Å². The Kier molecular flexibility index (Phi) is 4.96. The lowest BCUT2D eigenvalue weighted by atomic mass is 10.00. The molecule has 134 valence electrons. The molecule has 2 aliphatic carbocycles. The van der Waals surface area contributed by atoms with Crippen molar-refractivity contribution in [2.45, 2.75) is 64.2 Å². The molecule has 4 atom stereocenters. The molecule has 1 fully saturated rings. The van der Waals surface area contributed by atoms with Crippen molar-refractivity contribution in [3.8, 4) is 0 Å². The minimum atomic E-state index is -0.0740. The predicted molar refractivity (Wildman–Crippen MR) is 96.1 cm³/mol. The van der Waals surface area contributed by atoms with E-state index in [2.05, 4.69) is 35.8 Å². The Morgan fingerprint density at radius 3 is 2.62 bits per heavy atom. The fourth-order valence-corrected chi connectivity index (χ4v) is 4.20.